The van der Waals surface area contributed by atoms with Gasteiger partial charge in [0.2, 0.25) is 5.91 Å². The van der Waals surface area contributed by atoms with Crippen molar-refractivity contribution in [2.45, 2.75) is 39.8 Å². The van der Waals surface area contributed by atoms with Crippen molar-refractivity contribution >= 4 is 11.9 Å². The molecule has 1 unspecified atom stereocenters. The molecule has 23 heavy (non-hydrogen) atoms. The highest BCUT2D eigenvalue weighted by atomic mass is 16.5. The van der Waals surface area contributed by atoms with Crippen molar-refractivity contribution in [3.8, 4) is 0 Å². The van der Waals surface area contributed by atoms with E-state index in [1.54, 1.807) is 0 Å². The SMILES string of the molecule is CCN(CC(=O)NC(CC(C)C)C(=O)OC)Cc1ccccc1. The Morgan fingerprint density at radius 1 is 1.22 bits per heavy atom. The van der Waals surface area contributed by atoms with E-state index in [9.17, 15) is 9.59 Å². The number of ether oxygens (including phenoxy) is 1. The van der Waals surface area contributed by atoms with Crippen molar-refractivity contribution in [2.75, 3.05) is 20.2 Å². The van der Waals surface area contributed by atoms with Crippen LogP contribution in [0.15, 0.2) is 30.3 Å². The molecule has 0 aliphatic rings. The van der Waals surface area contributed by atoms with E-state index in [0.29, 0.717) is 18.9 Å². The first kappa shape index (κ1) is 19.2. The number of rotatable bonds is 9. The van der Waals surface area contributed by atoms with Crippen LogP contribution in [-0.2, 0) is 20.9 Å². The van der Waals surface area contributed by atoms with Crippen molar-refractivity contribution in [3.63, 3.8) is 0 Å². The molecule has 1 atom stereocenters. The maximum atomic E-state index is 12.3. The van der Waals surface area contributed by atoms with E-state index in [1.807, 2.05) is 56.0 Å². The number of carbonyl (C=O) groups excluding carboxylic acids is 2. The molecule has 0 aromatic heterocycles. The van der Waals surface area contributed by atoms with E-state index in [2.05, 4.69) is 5.32 Å². The molecule has 0 aliphatic carbocycles. The molecule has 0 spiro atoms. The van der Waals surface area contributed by atoms with E-state index < -0.39 is 12.0 Å². The predicted octanol–water partition coefficient (Wildman–Crippen LogP) is 2.21. The number of hydrogen-bond donors (Lipinski definition) is 1. The monoisotopic (exact) mass is 320 g/mol. The Morgan fingerprint density at radius 2 is 1.87 bits per heavy atom. The fraction of sp³-hybridized carbons (Fsp3) is 0.556. The number of nitrogens with zero attached hydrogens (tertiary/aromatic N) is 1. The molecule has 128 valence electrons. The van der Waals surface area contributed by atoms with Crippen LogP contribution in [0, 0.1) is 5.92 Å². The Kier molecular flexibility index (Phi) is 8.33. The van der Waals surface area contributed by atoms with Gasteiger partial charge in [-0.05, 0) is 24.4 Å². The first-order chi connectivity index (χ1) is 11.0. The average Bonchev–Trinajstić information content (AvgIpc) is 2.53. The highest BCUT2D eigenvalue weighted by Gasteiger charge is 2.23. The normalized spacial score (nSPS) is 12.3. The largest absolute Gasteiger partial charge is 0.467 e. The summed E-state index contributed by atoms with van der Waals surface area (Å²) >= 11 is 0. The van der Waals surface area contributed by atoms with Crippen LogP contribution in [0.4, 0.5) is 0 Å². The Hall–Kier alpha value is -1.88. The van der Waals surface area contributed by atoms with Crippen LogP contribution in [0.3, 0.4) is 0 Å². The minimum Gasteiger partial charge on any atom is -0.467 e. The molecular formula is C18H28N2O3. The van der Waals surface area contributed by atoms with E-state index in [4.69, 9.17) is 4.74 Å². The van der Waals surface area contributed by atoms with Crippen LogP contribution < -0.4 is 5.32 Å². The fourth-order valence-electron chi connectivity index (χ4n) is 2.39. The number of hydrogen-bond acceptors (Lipinski definition) is 4. The van der Waals surface area contributed by atoms with Gasteiger partial charge in [0.05, 0.1) is 13.7 Å². The summed E-state index contributed by atoms with van der Waals surface area (Å²) in [5, 5.41) is 2.79. The van der Waals surface area contributed by atoms with Gasteiger partial charge in [-0.25, -0.2) is 4.79 Å². The summed E-state index contributed by atoms with van der Waals surface area (Å²) in [7, 11) is 1.34. The van der Waals surface area contributed by atoms with Crippen LogP contribution >= 0.6 is 0 Å². The molecule has 1 aromatic carbocycles. The van der Waals surface area contributed by atoms with Gasteiger partial charge in [0, 0.05) is 6.54 Å². The first-order valence-corrected chi connectivity index (χ1v) is 8.09. The van der Waals surface area contributed by atoms with Gasteiger partial charge < -0.3 is 10.1 Å². The second-order valence-electron chi connectivity index (χ2n) is 6.06. The number of carbonyl (C=O) groups is 2. The Balaban J connectivity index is 2.58. The van der Waals surface area contributed by atoms with Crippen LogP contribution in [-0.4, -0.2) is 43.0 Å². The Bertz CT molecular complexity index is 488. The lowest BCUT2D eigenvalue weighted by Crippen LogP contribution is -2.46. The third-order valence-electron chi connectivity index (χ3n) is 3.59. The Morgan fingerprint density at radius 3 is 2.39 bits per heavy atom. The standard InChI is InChI=1S/C18H28N2O3/c1-5-20(12-15-9-7-6-8-10-15)13-17(21)19-16(11-14(2)3)18(22)23-4/h6-10,14,16H,5,11-13H2,1-4H3,(H,19,21). The molecule has 0 heterocycles. The molecule has 0 radical (unpaired) electrons. The van der Waals surface area contributed by atoms with Crippen molar-refractivity contribution < 1.29 is 14.3 Å². The highest BCUT2D eigenvalue weighted by Crippen LogP contribution is 2.07. The highest BCUT2D eigenvalue weighted by molar-refractivity contribution is 5.85. The van der Waals surface area contributed by atoms with Gasteiger partial charge in [-0.1, -0.05) is 51.1 Å². The molecule has 1 rings (SSSR count). The molecule has 5 heteroatoms. The van der Waals surface area contributed by atoms with Gasteiger partial charge >= 0.3 is 5.97 Å². The molecule has 0 saturated heterocycles. The smallest absolute Gasteiger partial charge is 0.328 e. The van der Waals surface area contributed by atoms with Crippen LogP contribution in [0.5, 0.6) is 0 Å². The lowest BCUT2D eigenvalue weighted by molar-refractivity contribution is -0.145. The number of methoxy groups -OCH3 is 1. The zero-order valence-electron chi connectivity index (χ0n) is 14.5. The number of likely N-dealkylation sites (N-methyl/N-ethyl adjacent to an activating group) is 1. The first-order valence-electron chi connectivity index (χ1n) is 8.09. The minimum absolute atomic E-state index is 0.154. The molecule has 0 aliphatic heterocycles. The fourth-order valence-corrected chi connectivity index (χ4v) is 2.39. The molecule has 5 nitrogen and oxygen atoms in total. The quantitative estimate of drug-likeness (QED) is 0.709. The van der Waals surface area contributed by atoms with Crippen LogP contribution in [0.2, 0.25) is 0 Å². The van der Waals surface area contributed by atoms with Gasteiger partial charge in [0.25, 0.3) is 0 Å². The predicted molar refractivity (Wildman–Crippen MR) is 90.8 cm³/mol. The summed E-state index contributed by atoms with van der Waals surface area (Å²) in [5.74, 6) is -0.247. The van der Waals surface area contributed by atoms with Gasteiger partial charge in [0.15, 0.2) is 0 Å². The maximum absolute atomic E-state index is 12.3. The summed E-state index contributed by atoms with van der Waals surface area (Å²) in [5.41, 5.74) is 1.16. The number of nitrogens with one attached hydrogen (secondary N) is 1. The average molecular weight is 320 g/mol. The summed E-state index contributed by atoms with van der Waals surface area (Å²) < 4.78 is 4.77. The van der Waals surface area contributed by atoms with E-state index in [-0.39, 0.29) is 12.5 Å². The van der Waals surface area contributed by atoms with E-state index >= 15 is 0 Å². The summed E-state index contributed by atoms with van der Waals surface area (Å²) in [6, 6.07) is 9.44. The van der Waals surface area contributed by atoms with Gasteiger partial charge in [-0.2, -0.15) is 0 Å². The summed E-state index contributed by atoms with van der Waals surface area (Å²) in [6.45, 7) is 7.76. The zero-order chi connectivity index (χ0) is 17.2. The van der Waals surface area contributed by atoms with E-state index in [1.165, 1.54) is 7.11 Å². The van der Waals surface area contributed by atoms with Gasteiger partial charge in [0.1, 0.15) is 6.04 Å². The second kappa shape index (κ2) is 10.0. The molecular weight excluding hydrogens is 292 g/mol. The number of benzene rings is 1. The third-order valence-corrected chi connectivity index (χ3v) is 3.59. The molecule has 0 saturated carbocycles. The van der Waals surface area contributed by atoms with Crippen molar-refractivity contribution in [1.29, 1.82) is 0 Å². The lowest BCUT2D eigenvalue weighted by atomic mass is 10.0. The summed E-state index contributed by atoms with van der Waals surface area (Å²) in [6.07, 6.45) is 0.573. The number of amides is 1. The molecule has 1 amide bonds. The molecule has 0 fully saturated rings. The third kappa shape index (κ3) is 7.28. The van der Waals surface area contributed by atoms with Crippen molar-refractivity contribution in [2.24, 2.45) is 5.92 Å². The molecule has 1 N–H and O–H groups in total. The summed E-state index contributed by atoms with van der Waals surface area (Å²) in [4.78, 5) is 26.1. The second-order valence-corrected chi connectivity index (χ2v) is 6.06. The minimum atomic E-state index is -0.581. The van der Waals surface area contributed by atoms with Crippen LogP contribution in [0.1, 0.15) is 32.8 Å². The van der Waals surface area contributed by atoms with Crippen molar-refractivity contribution in [1.82, 2.24) is 10.2 Å². The topological polar surface area (TPSA) is 58.6 Å². The number of esters is 1. The Labute approximate surface area is 139 Å². The van der Waals surface area contributed by atoms with E-state index in [0.717, 1.165) is 12.1 Å². The van der Waals surface area contributed by atoms with Crippen LogP contribution in [0.25, 0.3) is 0 Å². The lowest BCUT2D eigenvalue weighted by Gasteiger charge is -2.23. The zero-order valence-corrected chi connectivity index (χ0v) is 14.5. The molecule has 1 aromatic rings. The van der Waals surface area contributed by atoms with Gasteiger partial charge in [-0.3, -0.25) is 9.69 Å². The van der Waals surface area contributed by atoms with Crippen molar-refractivity contribution in [3.05, 3.63) is 35.9 Å². The maximum Gasteiger partial charge on any atom is 0.328 e. The molecule has 0 bridgehead atoms. The van der Waals surface area contributed by atoms with Gasteiger partial charge in [-0.15, -0.1) is 0 Å².